The maximum atomic E-state index is 10.9. The molecule has 0 N–H and O–H groups in total. The highest BCUT2D eigenvalue weighted by atomic mass is 35.5. The van der Waals surface area contributed by atoms with Gasteiger partial charge in [0, 0.05) is 24.2 Å². The smallest absolute Gasteiger partial charge is 0.311 e. The van der Waals surface area contributed by atoms with Gasteiger partial charge in [-0.3, -0.25) is 14.8 Å². The maximum Gasteiger partial charge on any atom is 0.311 e. The fourth-order valence-electron chi connectivity index (χ4n) is 1.79. The van der Waals surface area contributed by atoms with Crippen LogP contribution < -0.4 is 4.74 Å². The van der Waals surface area contributed by atoms with Gasteiger partial charge in [-0.2, -0.15) is 5.10 Å². The van der Waals surface area contributed by atoms with Gasteiger partial charge in [-0.15, -0.1) is 0 Å². The minimum absolute atomic E-state index is 0.104. The quantitative estimate of drug-likeness (QED) is 0.627. The second-order valence-electron chi connectivity index (χ2n) is 4.26. The number of rotatable bonds is 5. The number of hydrogen-bond acceptors (Lipinski definition) is 4. The molecule has 0 radical (unpaired) electrons. The third kappa shape index (κ3) is 3.08. The Morgan fingerprint density at radius 2 is 2.20 bits per heavy atom. The lowest BCUT2D eigenvalue weighted by molar-refractivity contribution is -0.385. The molecule has 1 heterocycles. The van der Waals surface area contributed by atoms with Crippen LogP contribution in [-0.2, 0) is 20.1 Å². The van der Waals surface area contributed by atoms with E-state index in [0.29, 0.717) is 5.02 Å². The second kappa shape index (κ2) is 5.92. The molecule has 1 aromatic heterocycles. The molecule has 0 unspecified atom stereocenters. The number of nitrogens with zero attached hydrogens (tertiary/aromatic N) is 3. The third-order valence-electron chi connectivity index (χ3n) is 2.88. The van der Waals surface area contributed by atoms with Gasteiger partial charge in [0.05, 0.1) is 16.3 Å². The Balaban J connectivity index is 2.19. The van der Waals surface area contributed by atoms with E-state index in [2.05, 4.69) is 5.10 Å². The van der Waals surface area contributed by atoms with Crippen molar-refractivity contribution in [3.63, 3.8) is 0 Å². The van der Waals surface area contributed by atoms with Crippen molar-refractivity contribution >= 4 is 17.3 Å². The van der Waals surface area contributed by atoms with Crippen LogP contribution in [0.1, 0.15) is 18.3 Å². The normalized spacial score (nSPS) is 10.6. The number of nitro groups is 1. The van der Waals surface area contributed by atoms with Gasteiger partial charge in [-0.1, -0.05) is 18.5 Å². The molecule has 2 rings (SSSR count). The van der Waals surface area contributed by atoms with Crippen molar-refractivity contribution in [2.45, 2.75) is 20.0 Å². The molecular weight excluding hydrogens is 282 g/mol. The molecule has 106 valence electrons. The van der Waals surface area contributed by atoms with E-state index in [1.807, 2.05) is 20.0 Å². The average molecular weight is 296 g/mol. The Morgan fingerprint density at radius 3 is 2.80 bits per heavy atom. The van der Waals surface area contributed by atoms with Gasteiger partial charge in [0.25, 0.3) is 0 Å². The van der Waals surface area contributed by atoms with Gasteiger partial charge >= 0.3 is 5.69 Å². The number of hydrogen-bond donors (Lipinski definition) is 0. The molecule has 0 amide bonds. The lowest BCUT2D eigenvalue weighted by Gasteiger charge is -2.07. The molecule has 0 aliphatic rings. The van der Waals surface area contributed by atoms with Gasteiger partial charge in [-0.05, 0) is 18.6 Å². The number of halogens is 1. The van der Waals surface area contributed by atoms with E-state index in [0.717, 1.165) is 17.8 Å². The number of aromatic nitrogens is 2. The van der Waals surface area contributed by atoms with Crippen LogP contribution in [0.15, 0.2) is 24.3 Å². The fourth-order valence-corrected chi connectivity index (χ4v) is 1.95. The summed E-state index contributed by atoms with van der Waals surface area (Å²) in [4.78, 5) is 10.4. The molecule has 0 saturated carbocycles. The van der Waals surface area contributed by atoms with Crippen molar-refractivity contribution in [2.24, 2.45) is 7.05 Å². The van der Waals surface area contributed by atoms with Crippen molar-refractivity contribution < 1.29 is 9.66 Å². The fraction of sp³-hybridized carbons (Fsp3) is 0.308. The van der Waals surface area contributed by atoms with Crippen LogP contribution in [0.3, 0.4) is 0 Å². The van der Waals surface area contributed by atoms with Gasteiger partial charge < -0.3 is 4.74 Å². The van der Waals surface area contributed by atoms with Crippen molar-refractivity contribution in [1.29, 1.82) is 0 Å². The highest BCUT2D eigenvalue weighted by Gasteiger charge is 2.16. The SMILES string of the molecule is CCc1cc(COc2cc(Cl)ccc2[N+](=O)[O-])n(C)n1. The van der Waals surface area contributed by atoms with Gasteiger partial charge in [0.2, 0.25) is 0 Å². The van der Waals surface area contributed by atoms with E-state index >= 15 is 0 Å². The van der Waals surface area contributed by atoms with E-state index in [1.54, 1.807) is 4.68 Å². The molecular formula is C13H14ClN3O3. The van der Waals surface area contributed by atoms with Crippen LogP contribution in [-0.4, -0.2) is 14.7 Å². The summed E-state index contributed by atoms with van der Waals surface area (Å²) in [5.74, 6) is 0.154. The van der Waals surface area contributed by atoms with Crippen LogP contribution in [0.2, 0.25) is 5.02 Å². The molecule has 0 aliphatic carbocycles. The monoisotopic (exact) mass is 295 g/mol. The van der Waals surface area contributed by atoms with Crippen LogP contribution in [0.4, 0.5) is 5.69 Å². The standard InChI is InChI=1S/C13H14ClN3O3/c1-3-10-7-11(16(2)15-10)8-20-13-6-9(14)4-5-12(13)17(18)19/h4-7H,3,8H2,1-2H3. The summed E-state index contributed by atoms with van der Waals surface area (Å²) in [5.41, 5.74) is 1.69. The van der Waals surface area contributed by atoms with Crippen molar-refractivity contribution in [1.82, 2.24) is 9.78 Å². The summed E-state index contributed by atoms with van der Waals surface area (Å²) >= 11 is 5.84. The summed E-state index contributed by atoms with van der Waals surface area (Å²) < 4.78 is 7.22. The molecule has 1 aromatic carbocycles. The molecule has 0 spiro atoms. The van der Waals surface area contributed by atoms with E-state index < -0.39 is 4.92 Å². The molecule has 7 heteroatoms. The predicted octanol–water partition coefficient (Wildman–Crippen LogP) is 3.12. The first-order chi connectivity index (χ1) is 9.51. The number of aryl methyl sites for hydroxylation is 2. The summed E-state index contributed by atoms with van der Waals surface area (Å²) in [6, 6.07) is 6.15. The summed E-state index contributed by atoms with van der Waals surface area (Å²) in [6.45, 7) is 2.21. The highest BCUT2D eigenvalue weighted by molar-refractivity contribution is 6.30. The number of ether oxygens (including phenoxy) is 1. The average Bonchev–Trinajstić information content (AvgIpc) is 2.76. The minimum Gasteiger partial charge on any atom is -0.480 e. The highest BCUT2D eigenvalue weighted by Crippen LogP contribution is 2.30. The molecule has 20 heavy (non-hydrogen) atoms. The van der Waals surface area contributed by atoms with Crippen molar-refractivity contribution in [3.8, 4) is 5.75 Å². The second-order valence-corrected chi connectivity index (χ2v) is 4.70. The van der Waals surface area contributed by atoms with Crippen LogP contribution >= 0.6 is 11.6 Å². The molecule has 0 atom stereocenters. The number of nitro benzene ring substituents is 1. The van der Waals surface area contributed by atoms with Gasteiger partial charge in [-0.25, -0.2) is 0 Å². The molecule has 0 aliphatic heterocycles. The third-order valence-corrected chi connectivity index (χ3v) is 3.12. The largest absolute Gasteiger partial charge is 0.480 e. The predicted molar refractivity (Wildman–Crippen MR) is 75.0 cm³/mol. The van der Waals surface area contributed by atoms with Crippen LogP contribution in [0, 0.1) is 10.1 Å². The molecule has 0 fully saturated rings. The van der Waals surface area contributed by atoms with E-state index in [1.165, 1.54) is 18.2 Å². The minimum atomic E-state index is -0.494. The van der Waals surface area contributed by atoms with Gasteiger partial charge in [0.1, 0.15) is 6.61 Å². The van der Waals surface area contributed by atoms with Crippen molar-refractivity contribution in [3.05, 3.63) is 50.8 Å². The summed E-state index contributed by atoms with van der Waals surface area (Å²) in [7, 11) is 1.81. The first kappa shape index (κ1) is 14.3. The molecule has 0 saturated heterocycles. The first-order valence-corrected chi connectivity index (χ1v) is 6.47. The molecule has 6 nitrogen and oxygen atoms in total. The Bertz CT molecular complexity index is 640. The maximum absolute atomic E-state index is 10.9. The molecule has 0 bridgehead atoms. The molecule has 2 aromatic rings. The van der Waals surface area contributed by atoms with Gasteiger partial charge in [0.15, 0.2) is 5.75 Å². The zero-order chi connectivity index (χ0) is 14.7. The van der Waals surface area contributed by atoms with E-state index in [9.17, 15) is 10.1 Å². The van der Waals surface area contributed by atoms with Crippen LogP contribution in [0.5, 0.6) is 5.75 Å². The van der Waals surface area contributed by atoms with Crippen molar-refractivity contribution in [2.75, 3.05) is 0 Å². The Kier molecular flexibility index (Phi) is 4.24. The summed E-state index contributed by atoms with van der Waals surface area (Å²) in [6.07, 6.45) is 0.825. The lowest BCUT2D eigenvalue weighted by atomic mass is 10.3. The van der Waals surface area contributed by atoms with E-state index in [-0.39, 0.29) is 18.0 Å². The summed E-state index contributed by atoms with van der Waals surface area (Å²) in [5, 5.41) is 15.6. The Morgan fingerprint density at radius 1 is 1.45 bits per heavy atom. The number of benzene rings is 1. The van der Waals surface area contributed by atoms with Crippen LogP contribution in [0.25, 0.3) is 0 Å². The Labute approximate surface area is 121 Å². The Hall–Kier alpha value is -2.08. The zero-order valence-corrected chi connectivity index (χ0v) is 11.9. The van der Waals surface area contributed by atoms with E-state index in [4.69, 9.17) is 16.3 Å². The lowest BCUT2D eigenvalue weighted by Crippen LogP contribution is -2.04. The zero-order valence-electron chi connectivity index (χ0n) is 11.2. The topological polar surface area (TPSA) is 70.2 Å². The first-order valence-electron chi connectivity index (χ1n) is 6.09.